The van der Waals surface area contributed by atoms with Gasteiger partial charge in [0.15, 0.2) is 0 Å². The summed E-state index contributed by atoms with van der Waals surface area (Å²) in [6, 6.07) is 9.78. The molecule has 7 nitrogen and oxygen atoms in total. The Hall–Kier alpha value is -2.28. The molecule has 0 radical (unpaired) electrons. The highest BCUT2D eigenvalue weighted by Crippen LogP contribution is 2.42. The van der Waals surface area contributed by atoms with Gasteiger partial charge in [-0.2, -0.15) is 0 Å². The van der Waals surface area contributed by atoms with E-state index in [1.807, 2.05) is 11.8 Å². The Morgan fingerprint density at radius 1 is 1.03 bits per heavy atom. The number of amides is 3. The molecule has 1 saturated carbocycles. The van der Waals surface area contributed by atoms with Gasteiger partial charge in [0.1, 0.15) is 0 Å². The van der Waals surface area contributed by atoms with Gasteiger partial charge >= 0.3 is 12.1 Å². The van der Waals surface area contributed by atoms with E-state index in [9.17, 15) is 9.59 Å². The monoisotopic (exact) mass is 470 g/mol. The van der Waals surface area contributed by atoms with Crippen molar-refractivity contribution in [3.63, 3.8) is 0 Å². The molecule has 7 heteroatoms. The molecule has 1 aromatic carbocycles. The standard InChI is InChI=1S/C27H40N4O3.H2/c1-2-34-26(33)30-15-11-23(12-16-30)29-17-13-27(14-18-29)20-31(19-21-7-3-6-10-24(21)27)25(32)28-22-8-4-5-9-22;/h3,6-7,10,22-23H,2,4-5,8-9,11-20H2,1H3,(H,28,32);1H. The largest absolute Gasteiger partial charge is 0.450 e. The van der Waals surface area contributed by atoms with Crippen molar-refractivity contribution in [2.75, 3.05) is 39.3 Å². The minimum absolute atomic E-state index is 0. The number of likely N-dealkylation sites (tertiary alicyclic amines) is 2. The van der Waals surface area contributed by atoms with E-state index in [1.165, 1.54) is 24.0 Å². The average Bonchev–Trinajstić information content (AvgIpc) is 3.38. The van der Waals surface area contributed by atoms with E-state index >= 15 is 0 Å². The van der Waals surface area contributed by atoms with Crippen LogP contribution in [0.4, 0.5) is 9.59 Å². The fourth-order valence-electron chi connectivity index (χ4n) is 6.74. The summed E-state index contributed by atoms with van der Waals surface area (Å²) >= 11 is 0. The Balaban J connectivity index is 0.00000289. The third-order valence-corrected chi connectivity index (χ3v) is 8.68. The van der Waals surface area contributed by atoms with Gasteiger partial charge in [-0.1, -0.05) is 37.1 Å². The number of carbonyl (C=O) groups excluding carboxylic acids is 2. The average molecular weight is 471 g/mol. The second-order valence-corrected chi connectivity index (χ2v) is 10.7. The smallest absolute Gasteiger partial charge is 0.409 e. The summed E-state index contributed by atoms with van der Waals surface area (Å²) in [6.07, 6.45) is 8.70. The SMILES string of the molecule is CCOC(=O)N1CCC(N2CCC3(CC2)CN(C(=O)NC2CCCC2)Cc2ccccc23)CC1.[HH]. The molecular formula is C27H42N4O3. The van der Waals surface area contributed by atoms with E-state index in [0.29, 0.717) is 25.2 Å². The molecule has 3 amide bonds. The highest BCUT2D eigenvalue weighted by atomic mass is 16.6. The fraction of sp³-hybridized carbons (Fsp3) is 0.704. The van der Waals surface area contributed by atoms with E-state index in [2.05, 4.69) is 39.4 Å². The maximum Gasteiger partial charge on any atom is 0.409 e. The van der Waals surface area contributed by atoms with Crippen LogP contribution in [0.25, 0.3) is 0 Å². The predicted molar refractivity (Wildman–Crippen MR) is 134 cm³/mol. The second-order valence-electron chi connectivity index (χ2n) is 10.7. The Kier molecular flexibility index (Phi) is 7.00. The number of benzene rings is 1. The van der Waals surface area contributed by atoms with Gasteiger partial charge in [0, 0.05) is 45.1 Å². The summed E-state index contributed by atoms with van der Waals surface area (Å²) in [5.74, 6) is 0. The molecule has 0 atom stereocenters. The van der Waals surface area contributed by atoms with Crippen molar-refractivity contribution in [2.24, 2.45) is 0 Å². The summed E-state index contributed by atoms with van der Waals surface area (Å²) in [7, 11) is 0. The van der Waals surface area contributed by atoms with Crippen LogP contribution < -0.4 is 5.32 Å². The Labute approximate surface area is 205 Å². The van der Waals surface area contributed by atoms with E-state index < -0.39 is 0 Å². The maximum atomic E-state index is 13.2. The first-order valence-electron chi connectivity index (χ1n) is 13.4. The first-order valence-corrected chi connectivity index (χ1v) is 13.4. The van der Waals surface area contributed by atoms with Gasteiger partial charge in [-0.05, 0) is 69.7 Å². The molecule has 0 unspecified atom stereocenters. The molecule has 3 fully saturated rings. The summed E-state index contributed by atoms with van der Waals surface area (Å²) in [4.78, 5) is 31.8. The number of carbonyl (C=O) groups is 2. The van der Waals surface area contributed by atoms with Crippen molar-refractivity contribution in [1.82, 2.24) is 20.0 Å². The zero-order chi connectivity index (χ0) is 23.5. The molecule has 2 saturated heterocycles. The first kappa shape index (κ1) is 23.5. The van der Waals surface area contributed by atoms with Crippen molar-refractivity contribution in [2.45, 2.75) is 82.3 Å². The highest BCUT2D eigenvalue weighted by molar-refractivity contribution is 5.75. The predicted octanol–water partition coefficient (Wildman–Crippen LogP) is 4.35. The zero-order valence-corrected chi connectivity index (χ0v) is 20.6. The minimum atomic E-state index is -0.173. The summed E-state index contributed by atoms with van der Waals surface area (Å²) in [5, 5.41) is 3.32. The van der Waals surface area contributed by atoms with Crippen molar-refractivity contribution in [3.8, 4) is 0 Å². The fourth-order valence-corrected chi connectivity index (χ4v) is 6.74. The normalized spacial score (nSPS) is 23.7. The van der Waals surface area contributed by atoms with Gasteiger partial charge in [0.05, 0.1) is 6.61 Å². The van der Waals surface area contributed by atoms with Gasteiger partial charge in [-0.15, -0.1) is 0 Å². The maximum absolute atomic E-state index is 13.2. The number of piperidine rings is 2. The molecule has 0 aromatic heterocycles. The lowest BCUT2D eigenvalue weighted by Crippen LogP contribution is -2.57. The van der Waals surface area contributed by atoms with E-state index in [-0.39, 0.29) is 19.0 Å². The molecule has 1 aliphatic carbocycles. The van der Waals surface area contributed by atoms with Crippen LogP contribution >= 0.6 is 0 Å². The molecule has 5 rings (SSSR count). The first-order chi connectivity index (χ1) is 16.6. The topological polar surface area (TPSA) is 65.1 Å². The number of hydrogen-bond donors (Lipinski definition) is 1. The molecule has 34 heavy (non-hydrogen) atoms. The van der Waals surface area contributed by atoms with E-state index in [1.54, 1.807) is 0 Å². The van der Waals surface area contributed by atoms with Gasteiger partial charge in [-0.3, -0.25) is 0 Å². The Bertz CT molecular complexity index is 875. The van der Waals surface area contributed by atoms with Gasteiger partial charge in [-0.25, -0.2) is 9.59 Å². The molecule has 4 aliphatic rings. The Morgan fingerprint density at radius 3 is 2.44 bits per heavy atom. The molecular weight excluding hydrogens is 428 g/mol. The van der Waals surface area contributed by atoms with Crippen LogP contribution in [0.3, 0.4) is 0 Å². The molecule has 1 N–H and O–H groups in total. The van der Waals surface area contributed by atoms with E-state index in [4.69, 9.17) is 4.74 Å². The third kappa shape index (κ3) is 4.77. The summed E-state index contributed by atoms with van der Waals surface area (Å²) < 4.78 is 5.18. The van der Waals surface area contributed by atoms with E-state index in [0.717, 1.165) is 71.2 Å². The number of ether oxygens (including phenoxy) is 1. The second kappa shape index (κ2) is 10.1. The van der Waals surface area contributed by atoms with Crippen molar-refractivity contribution in [1.29, 1.82) is 0 Å². The van der Waals surface area contributed by atoms with Crippen molar-refractivity contribution < 1.29 is 15.8 Å². The van der Waals surface area contributed by atoms with Crippen molar-refractivity contribution in [3.05, 3.63) is 35.4 Å². The zero-order valence-electron chi connectivity index (χ0n) is 20.6. The third-order valence-electron chi connectivity index (χ3n) is 8.68. The molecule has 1 spiro atoms. The molecule has 3 aliphatic heterocycles. The number of urea groups is 1. The van der Waals surface area contributed by atoms with Crippen LogP contribution in [0, 0.1) is 0 Å². The van der Waals surface area contributed by atoms with Crippen LogP contribution in [-0.2, 0) is 16.7 Å². The van der Waals surface area contributed by atoms with Gasteiger partial charge in [0.2, 0.25) is 0 Å². The Morgan fingerprint density at radius 2 is 1.74 bits per heavy atom. The van der Waals surface area contributed by atoms with Crippen LogP contribution in [0.15, 0.2) is 24.3 Å². The quantitative estimate of drug-likeness (QED) is 0.713. The molecule has 3 heterocycles. The molecule has 1 aromatic rings. The van der Waals surface area contributed by atoms with Crippen LogP contribution in [0.2, 0.25) is 0 Å². The molecule has 0 bridgehead atoms. The number of rotatable bonds is 3. The summed E-state index contributed by atoms with van der Waals surface area (Å²) in [6.45, 7) is 7.49. The lowest BCUT2D eigenvalue weighted by atomic mass is 9.68. The van der Waals surface area contributed by atoms with Gasteiger partial charge in [0.25, 0.3) is 0 Å². The number of hydrogen-bond acceptors (Lipinski definition) is 4. The van der Waals surface area contributed by atoms with Crippen LogP contribution in [-0.4, -0.2) is 78.2 Å². The highest BCUT2D eigenvalue weighted by Gasteiger charge is 2.44. The van der Waals surface area contributed by atoms with Crippen LogP contribution in [0.1, 0.15) is 70.8 Å². The number of fused-ring (bicyclic) bond motifs is 2. The lowest BCUT2D eigenvalue weighted by molar-refractivity contribution is 0.0469. The summed E-state index contributed by atoms with van der Waals surface area (Å²) in [5.41, 5.74) is 2.81. The molecule has 188 valence electrons. The van der Waals surface area contributed by atoms with Gasteiger partial charge < -0.3 is 24.8 Å². The minimum Gasteiger partial charge on any atom is -0.450 e. The van der Waals surface area contributed by atoms with Crippen LogP contribution in [0.5, 0.6) is 0 Å². The number of nitrogens with zero attached hydrogens (tertiary/aromatic N) is 3. The van der Waals surface area contributed by atoms with Crippen molar-refractivity contribution >= 4 is 12.1 Å². The lowest BCUT2D eigenvalue weighted by Gasteiger charge is -2.50. The number of nitrogens with one attached hydrogen (secondary N) is 1.